The van der Waals surface area contributed by atoms with Crippen molar-refractivity contribution in [3.8, 4) is 0 Å². The minimum atomic E-state index is -0.120. The van der Waals surface area contributed by atoms with Crippen molar-refractivity contribution in [1.29, 1.82) is 0 Å². The average molecular weight is 342 g/mol. The molecule has 1 N–H and O–H groups in total. The summed E-state index contributed by atoms with van der Waals surface area (Å²) in [5, 5.41) is 14.3. The van der Waals surface area contributed by atoms with E-state index in [1.807, 2.05) is 4.68 Å². The Morgan fingerprint density at radius 3 is 2.44 bits per heavy atom. The molecule has 1 aromatic carbocycles. The van der Waals surface area contributed by atoms with Gasteiger partial charge in [-0.3, -0.25) is 0 Å². The lowest BCUT2D eigenvalue weighted by Gasteiger charge is -2.40. The Kier molecular flexibility index (Phi) is 5.54. The molecule has 0 saturated carbocycles. The quantitative estimate of drug-likeness (QED) is 0.876. The molecular weight excluding hydrogens is 312 g/mol. The smallest absolute Gasteiger partial charge is 0.151 e. The molecule has 1 saturated heterocycles. The number of aliphatic hydroxyl groups is 1. The SMILES string of the molecule is CC(C)Cc1nc(C2(c3ccccc3)CCN(C)CC2)n(CCO)n1. The highest BCUT2D eigenvalue weighted by atomic mass is 16.3. The van der Waals surface area contributed by atoms with E-state index >= 15 is 0 Å². The predicted molar refractivity (Wildman–Crippen MR) is 99.6 cm³/mol. The van der Waals surface area contributed by atoms with Crippen molar-refractivity contribution in [2.45, 2.75) is 45.1 Å². The lowest BCUT2D eigenvalue weighted by molar-refractivity contribution is 0.197. The highest BCUT2D eigenvalue weighted by molar-refractivity contribution is 5.34. The van der Waals surface area contributed by atoms with Crippen LogP contribution < -0.4 is 0 Å². The Balaban J connectivity index is 2.08. The van der Waals surface area contributed by atoms with E-state index < -0.39 is 0 Å². The third-order valence-electron chi connectivity index (χ3n) is 5.21. The topological polar surface area (TPSA) is 54.2 Å². The number of rotatable bonds is 6. The molecule has 0 aliphatic carbocycles. The van der Waals surface area contributed by atoms with Crippen LogP contribution in [0.15, 0.2) is 30.3 Å². The molecule has 1 aliphatic heterocycles. The van der Waals surface area contributed by atoms with E-state index in [4.69, 9.17) is 10.1 Å². The fourth-order valence-corrected chi connectivity index (χ4v) is 3.84. The number of hydrogen-bond donors (Lipinski definition) is 1. The molecule has 3 rings (SSSR count). The Morgan fingerprint density at radius 1 is 1.16 bits per heavy atom. The van der Waals surface area contributed by atoms with E-state index in [9.17, 15) is 5.11 Å². The first-order chi connectivity index (χ1) is 12.0. The van der Waals surface area contributed by atoms with Crippen LogP contribution in [0.4, 0.5) is 0 Å². The third kappa shape index (κ3) is 3.77. The van der Waals surface area contributed by atoms with Gasteiger partial charge in [0.25, 0.3) is 0 Å². The van der Waals surface area contributed by atoms with Crippen LogP contribution in [0.5, 0.6) is 0 Å². The van der Waals surface area contributed by atoms with Gasteiger partial charge in [-0.15, -0.1) is 0 Å². The van der Waals surface area contributed by atoms with E-state index in [-0.39, 0.29) is 12.0 Å². The number of hydrogen-bond acceptors (Lipinski definition) is 4. The maximum atomic E-state index is 9.53. The number of aromatic nitrogens is 3. The van der Waals surface area contributed by atoms with E-state index in [2.05, 4.69) is 56.1 Å². The second-order valence-electron chi connectivity index (χ2n) is 7.65. The van der Waals surface area contributed by atoms with E-state index in [1.165, 1.54) is 5.56 Å². The van der Waals surface area contributed by atoms with Gasteiger partial charge in [0, 0.05) is 6.42 Å². The summed E-state index contributed by atoms with van der Waals surface area (Å²) < 4.78 is 1.95. The van der Waals surface area contributed by atoms with Crippen molar-refractivity contribution in [1.82, 2.24) is 19.7 Å². The van der Waals surface area contributed by atoms with E-state index in [0.717, 1.165) is 44.0 Å². The van der Waals surface area contributed by atoms with Crippen molar-refractivity contribution in [2.75, 3.05) is 26.7 Å². The summed E-state index contributed by atoms with van der Waals surface area (Å²) in [7, 11) is 2.18. The maximum Gasteiger partial charge on any atom is 0.151 e. The van der Waals surface area contributed by atoms with Gasteiger partial charge in [-0.05, 0) is 44.5 Å². The van der Waals surface area contributed by atoms with Crippen LogP contribution >= 0.6 is 0 Å². The minimum absolute atomic E-state index is 0.0856. The lowest BCUT2D eigenvalue weighted by atomic mass is 9.72. The molecule has 0 unspecified atom stereocenters. The molecule has 0 atom stereocenters. The monoisotopic (exact) mass is 342 g/mol. The molecule has 5 nitrogen and oxygen atoms in total. The van der Waals surface area contributed by atoms with Crippen molar-refractivity contribution in [3.63, 3.8) is 0 Å². The standard InChI is InChI=1S/C20H30N4O/c1-16(2)15-18-21-19(24(22-18)13-14-25)20(9-11-23(3)12-10-20)17-7-5-4-6-8-17/h4-8,16,25H,9-15H2,1-3H3. The number of benzene rings is 1. The summed E-state index contributed by atoms with van der Waals surface area (Å²) >= 11 is 0. The van der Waals surface area contributed by atoms with Crippen molar-refractivity contribution >= 4 is 0 Å². The highest BCUT2D eigenvalue weighted by Gasteiger charge is 2.41. The first kappa shape index (κ1) is 18.1. The molecule has 1 fully saturated rings. The maximum absolute atomic E-state index is 9.53. The van der Waals surface area contributed by atoms with Gasteiger partial charge in [0.1, 0.15) is 5.82 Å². The Hall–Kier alpha value is -1.72. The lowest BCUT2D eigenvalue weighted by Crippen LogP contribution is -2.43. The largest absolute Gasteiger partial charge is 0.394 e. The van der Waals surface area contributed by atoms with E-state index in [1.54, 1.807) is 0 Å². The van der Waals surface area contributed by atoms with Gasteiger partial charge in [-0.2, -0.15) is 5.10 Å². The zero-order chi connectivity index (χ0) is 17.9. The molecule has 0 radical (unpaired) electrons. The van der Waals surface area contributed by atoms with Crippen LogP contribution in [-0.2, 0) is 18.4 Å². The molecule has 0 spiro atoms. The minimum Gasteiger partial charge on any atom is -0.394 e. The summed E-state index contributed by atoms with van der Waals surface area (Å²) in [5.41, 5.74) is 1.19. The molecule has 2 heterocycles. The number of nitrogens with zero attached hydrogens (tertiary/aromatic N) is 4. The van der Waals surface area contributed by atoms with Gasteiger partial charge < -0.3 is 10.0 Å². The summed E-state index contributed by atoms with van der Waals surface area (Å²) in [4.78, 5) is 7.37. The van der Waals surface area contributed by atoms with Crippen molar-refractivity contribution < 1.29 is 5.11 Å². The average Bonchev–Trinajstić information content (AvgIpc) is 2.99. The van der Waals surface area contributed by atoms with Crippen LogP contribution in [0.25, 0.3) is 0 Å². The highest BCUT2D eigenvalue weighted by Crippen LogP contribution is 2.40. The van der Waals surface area contributed by atoms with Crippen LogP contribution in [-0.4, -0.2) is 51.5 Å². The molecule has 136 valence electrons. The van der Waals surface area contributed by atoms with Crippen LogP contribution in [0.3, 0.4) is 0 Å². The van der Waals surface area contributed by atoms with Crippen LogP contribution in [0.2, 0.25) is 0 Å². The Morgan fingerprint density at radius 2 is 1.84 bits per heavy atom. The van der Waals surface area contributed by atoms with Crippen molar-refractivity contribution in [2.24, 2.45) is 5.92 Å². The number of piperidine rings is 1. The molecule has 2 aromatic rings. The van der Waals surface area contributed by atoms with Gasteiger partial charge in [-0.1, -0.05) is 44.2 Å². The Bertz CT molecular complexity index is 672. The summed E-state index contributed by atoms with van der Waals surface area (Å²) in [6, 6.07) is 10.7. The van der Waals surface area contributed by atoms with Gasteiger partial charge in [0.15, 0.2) is 5.82 Å². The fraction of sp³-hybridized carbons (Fsp3) is 0.600. The van der Waals surface area contributed by atoms with Gasteiger partial charge in [0.05, 0.1) is 18.6 Å². The Labute approximate surface area is 150 Å². The van der Waals surface area contributed by atoms with Crippen molar-refractivity contribution in [3.05, 3.63) is 47.5 Å². The summed E-state index contributed by atoms with van der Waals surface area (Å²) in [6.45, 7) is 7.05. The zero-order valence-corrected chi connectivity index (χ0v) is 15.6. The molecular formula is C20H30N4O. The first-order valence-corrected chi connectivity index (χ1v) is 9.34. The normalized spacial score (nSPS) is 18.0. The molecule has 25 heavy (non-hydrogen) atoms. The van der Waals surface area contributed by atoms with Gasteiger partial charge >= 0.3 is 0 Å². The predicted octanol–water partition coefficient (Wildman–Crippen LogP) is 2.48. The summed E-state index contributed by atoms with van der Waals surface area (Å²) in [6.07, 6.45) is 2.92. The second kappa shape index (κ2) is 7.67. The van der Waals surface area contributed by atoms with Gasteiger partial charge in [-0.25, -0.2) is 9.67 Å². The van der Waals surface area contributed by atoms with Crippen LogP contribution in [0.1, 0.15) is 43.9 Å². The molecule has 1 aliphatic rings. The molecule has 1 aromatic heterocycles. The summed E-state index contributed by atoms with van der Waals surface area (Å²) in [5.74, 6) is 2.44. The fourth-order valence-electron chi connectivity index (χ4n) is 3.84. The molecule has 0 amide bonds. The van der Waals surface area contributed by atoms with Crippen LogP contribution in [0, 0.1) is 5.92 Å². The second-order valence-corrected chi connectivity index (χ2v) is 7.65. The molecule has 5 heteroatoms. The number of aliphatic hydroxyl groups excluding tert-OH is 1. The van der Waals surface area contributed by atoms with Gasteiger partial charge in [0.2, 0.25) is 0 Å². The number of likely N-dealkylation sites (tertiary alicyclic amines) is 1. The molecule has 0 bridgehead atoms. The third-order valence-corrected chi connectivity index (χ3v) is 5.21. The van der Waals surface area contributed by atoms with E-state index in [0.29, 0.717) is 12.5 Å². The first-order valence-electron chi connectivity index (χ1n) is 9.34. The zero-order valence-electron chi connectivity index (χ0n) is 15.6.